The molecule has 0 saturated heterocycles. The van der Waals surface area contributed by atoms with Gasteiger partial charge in [-0.2, -0.15) is 0 Å². The molecule has 0 N–H and O–H groups in total. The van der Waals surface area contributed by atoms with Crippen molar-refractivity contribution in [2.75, 3.05) is 0 Å². The topological polar surface area (TPSA) is 52.6 Å². The van der Waals surface area contributed by atoms with Gasteiger partial charge in [-0.25, -0.2) is 8.42 Å². The molecule has 0 bridgehead atoms. The fourth-order valence-corrected chi connectivity index (χ4v) is 4.51. The smallest absolute Gasteiger partial charge is 0.206 e. The van der Waals surface area contributed by atoms with Gasteiger partial charge < -0.3 is 9.47 Å². The summed E-state index contributed by atoms with van der Waals surface area (Å²) in [7, 11) is -3.64. The van der Waals surface area contributed by atoms with Gasteiger partial charge in [-0.05, 0) is 114 Å². The van der Waals surface area contributed by atoms with Crippen LogP contribution in [0.15, 0.2) is 107 Å². The van der Waals surface area contributed by atoms with Gasteiger partial charge >= 0.3 is 0 Å². The van der Waals surface area contributed by atoms with E-state index in [1.807, 2.05) is 55.5 Å². The molecule has 0 saturated carbocycles. The molecule has 0 fully saturated rings. The maximum Gasteiger partial charge on any atom is 0.206 e. The first-order chi connectivity index (χ1) is 14.9. The third-order valence-electron chi connectivity index (χ3n) is 4.57. The Hall–Kier alpha value is -2.84. The van der Waals surface area contributed by atoms with Crippen molar-refractivity contribution in [1.29, 1.82) is 0 Å². The van der Waals surface area contributed by atoms with Crippen LogP contribution in [0.2, 0.25) is 0 Å². The molecule has 6 heteroatoms. The van der Waals surface area contributed by atoms with E-state index in [2.05, 4.69) is 22.6 Å². The fourth-order valence-electron chi connectivity index (χ4n) is 2.89. The predicted molar refractivity (Wildman–Crippen MR) is 129 cm³/mol. The third-order valence-corrected chi connectivity index (χ3v) is 7.08. The highest BCUT2D eigenvalue weighted by Crippen LogP contribution is 2.28. The number of ether oxygens (including phenoxy) is 2. The zero-order chi connectivity index (χ0) is 21.8. The van der Waals surface area contributed by atoms with E-state index >= 15 is 0 Å². The quantitative estimate of drug-likeness (QED) is 0.246. The first-order valence-corrected chi connectivity index (χ1v) is 12.1. The van der Waals surface area contributed by atoms with Crippen LogP contribution < -0.4 is 9.47 Å². The summed E-state index contributed by atoms with van der Waals surface area (Å²) in [6, 6.07) is 28.1. The van der Waals surface area contributed by atoms with Gasteiger partial charge in [-0.3, -0.25) is 0 Å². The number of halogens is 1. The van der Waals surface area contributed by atoms with Crippen LogP contribution in [-0.2, 0) is 9.84 Å². The molecule has 0 spiro atoms. The van der Waals surface area contributed by atoms with Gasteiger partial charge in [0.05, 0.1) is 9.79 Å². The predicted octanol–water partition coefficient (Wildman–Crippen LogP) is 7.02. The van der Waals surface area contributed by atoms with Gasteiger partial charge in [-0.15, -0.1) is 0 Å². The average Bonchev–Trinajstić information content (AvgIpc) is 2.78. The van der Waals surface area contributed by atoms with E-state index in [4.69, 9.17) is 9.47 Å². The molecule has 0 aliphatic rings. The standard InChI is InChI=1S/C25H19IO4S/c1-18-2-6-20(7-3-18)29-22-10-14-24(15-11-22)31(27,28)25-16-12-23(13-17-25)30-21-8-4-19(26)5-9-21/h2-17H,1H3. The zero-order valence-corrected chi connectivity index (χ0v) is 19.6. The first kappa shape index (κ1) is 21.4. The second-order valence-electron chi connectivity index (χ2n) is 6.92. The van der Waals surface area contributed by atoms with Crippen LogP contribution in [0, 0.1) is 10.5 Å². The van der Waals surface area contributed by atoms with Crippen LogP contribution >= 0.6 is 22.6 Å². The first-order valence-electron chi connectivity index (χ1n) is 9.53. The summed E-state index contributed by atoms with van der Waals surface area (Å²) >= 11 is 2.22. The fraction of sp³-hybridized carbons (Fsp3) is 0.0400. The molecule has 156 valence electrons. The van der Waals surface area contributed by atoms with Crippen molar-refractivity contribution in [1.82, 2.24) is 0 Å². The highest BCUT2D eigenvalue weighted by Gasteiger charge is 2.18. The minimum absolute atomic E-state index is 0.203. The molecule has 31 heavy (non-hydrogen) atoms. The van der Waals surface area contributed by atoms with Crippen LogP contribution in [-0.4, -0.2) is 8.42 Å². The monoisotopic (exact) mass is 542 g/mol. The Morgan fingerprint density at radius 3 is 1.26 bits per heavy atom. The van der Waals surface area contributed by atoms with Gasteiger partial charge in [0, 0.05) is 3.57 Å². The Bertz CT molecular complexity index is 1170. The summed E-state index contributed by atoms with van der Waals surface area (Å²) in [5.41, 5.74) is 1.14. The summed E-state index contributed by atoms with van der Waals surface area (Å²) < 4.78 is 38.6. The molecule has 0 aromatic heterocycles. The second-order valence-corrected chi connectivity index (χ2v) is 10.1. The molecule has 0 radical (unpaired) electrons. The second kappa shape index (κ2) is 9.11. The molecule has 0 heterocycles. The molecular formula is C25H19IO4S. The van der Waals surface area contributed by atoms with Gasteiger partial charge in [0.25, 0.3) is 0 Å². The Balaban J connectivity index is 1.48. The van der Waals surface area contributed by atoms with E-state index in [9.17, 15) is 8.42 Å². The van der Waals surface area contributed by atoms with E-state index in [1.165, 1.54) is 0 Å². The molecule has 4 rings (SSSR count). The van der Waals surface area contributed by atoms with E-state index in [0.717, 1.165) is 9.13 Å². The molecular weight excluding hydrogens is 523 g/mol. The lowest BCUT2D eigenvalue weighted by atomic mass is 10.2. The summed E-state index contributed by atoms with van der Waals surface area (Å²) in [5.74, 6) is 2.54. The Morgan fingerprint density at radius 2 is 0.871 bits per heavy atom. The maximum absolute atomic E-state index is 13.0. The summed E-state index contributed by atoms with van der Waals surface area (Å²) in [4.78, 5) is 0.407. The van der Waals surface area contributed by atoms with E-state index in [-0.39, 0.29) is 9.79 Å². The minimum Gasteiger partial charge on any atom is -0.457 e. The van der Waals surface area contributed by atoms with Crippen molar-refractivity contribution in [2.24, 2.45) is 0 Å². The average molecular weight is 542 g/mol. The summed E-state index contributed by atoms with van der Waals surface area (Å²) in [6.07, 6.45) is 0. The van der Waals surface area contributed by atoms with Gasteiger partial charge in [0.1, 0.15) is 23.0 Å². The van der Waals surface area contributed by atoms with Gasteiger partial charge in [-0.1, -0.05) is 17.7 Å². The number of hydrogen-bond donors (Lipinski definition) is 0. The van der Waals surface area contributed by atoms with E-state index in [0.29, 0.717) is 23.0 Å². The highest BCUT2D eigenvalue weighted by atomic mass is 127. The van der Waals surface area contributed by atoms with Crippen LogP contribution in [0.25, 0.3) is 0 Å². The van der Waals surface area contributed by atoms with Crippen molar-refractivity contribution in [3.8, 4) is 23.0 Å². The molecule has 0 amide bonds. The van der Waals surface area contributed by atoms with Crippen LogP contribution in [0.1, 0.15) is 5.56 Å². The molecule has 0 atom stereocenters. The molecule has 4 aromatic rings. The third kappa shape index (κ3) is 5.26. The highest BCUT2D eigenvalue weighted by molar-refractivity contribution is 14.1. The number of rotatable bonds is 6. The molecule has 0 aliphatic carbocycles. The van der Waals surface area contributed by atoms with E-state index in [1.54, 1.807) is 48.5 Å². The van der Waals surface area contributed by atoms with Crippen molar-refractivity contribution in [2.45, 2.75) is 16.7 Å². The molecule has 0 aliphatic heterocycles. The van der Waals surface area contributed by atoms with E-state index < -0.39 is 9.84 Å². The Kier molecular flexibility index (Phi) is 6.29. The summed E-state index contributed by atoms with van der Waals surface area (Å²) in [6.45, 7) is 2.00. The van der Waals surface area contributed by atoms with Gasteiger partial charge in [0.15, 0.2) is 0 Å². The Labute approximate surface area is 195 Å². The summed E-state index contributed by atoms with van der Waals surface area (Å²) in [5, 5.41) is 0. The number of hydrogen-bond acceptors (Lipinski definition) is 4. The largest absolute Gasteiger partial charge is 0.457 e. The normalized spacial score (nSPS) is 11.2. The van der Waals surface area contributed by atoms with Crippen LogP contribution in [0.5, 0.6) is 23.0 Å². The maximum atomic E-state index is 13.0. The SMILES string of the molecule is Cc1ccc(Oc2ccc(S(=O)(=O)c3ccc(Oc4ccc(I)cc4)cc3)cc2)cc1. The lowest BCUT2D eigenvalue weighted by molar-refractivity contribution is 0.482. The number of sulfone groups is 1. The molecule has 4 nitrogen and oxygen atoms in total. The zero-order valence-electron chi connectivity index (χ0n) is 16.7. The van der Waals surface area contributed by atoms with Crippen molar-refractivity contribution in [3.63, 3.8) is 0 Å². The van der Waals surface area contributed by atoms with Crippen LogP contribution in [0.3, 0.4) is 0 Å². The lowest BCUT2D eigenvalue weighted by Gasteiger charge is -2.09. The molecule has 4 aromatic carbocycles. The van der Waals surface area contributed by atoms with Crippen LogP contribution in [0.4, 0.5) is 0 Å². The van der Waals surface area contributed by atoms with Crippen molar-refractivity contribution >= 4 is 32.4 Å². The lowest BCUT2D eigenvalue weighted by Crippen LogP contribution is -2.01. The Morgan fingerprint density at radius 1 is 0.548 bits per heavy atom. The number of benzene rings is 4. The van der Waals surface area contributed by atoms with Gasteiger partial charge in [0.2, 0.25) is 9.84 Å². The molecule has 0 unspecified atom stereocenters. The number of aryl methyl sites for hydroxylation is 1. The minimum atomic E-state index is -3.64. The van der Waals surface area contributed by atoms with Crippen molar-refractivity contribution in [3.05, 3.63) is 106 Å². The van der Waals surface area contributed by atoms with Crippen molar-refractivity contribution < 1.29 is 17.9 Å².